The monoisotopic (exact) mass is 1320 g/mol. The first-order valence-corrected chi connectivity index (χ1v) is 33.3. The molecule has 0 aliphatic rings. The predicted molar refractivity (Wildman–Crippen MR) is 357 cm³/mol. The number of aliphatic carboxylic acids is 3. The molecular weight excluding hydrogens is 1200 g/mol. The van der Waals surface area contributed by atoms with Crippen LogP contribution in [0, 0.1) is 59.2 Å². The summed E-state index contributed by atoms with van der Waals surface area (Å²) in [5.74, 6) is -13.5. The minimum atomic E-state index is -1.27. The number of hydrogen-bond acceptors (Lipinski definition) is 16. The van der Waals surface area contributed by atoms with E-state index in [0.717, 1.165) is 19.3 Å². The number of unbranched alkanes of at least 4 members (excludes halogenated alkanes) is 9. The van der Waals surface area contributed by atoms with Crippen LogP contribution in [0.5, 0.6) is 0 Å². The zero-order valence-corrected chi connectivity index (χ0v) is 58.0. The van der Waals surface area contributed by atoms with Crippen molar-refractivity contribution in [2.45, 2.75) is 275 Å². The van der Waals surface area contributed by atoms with Gasteiger partial charge in [-0.1, -0.05) is 155 Å². The summed E-state index contributed by atoms with van der Waals surface area (Å²) in [7, 11) is 1.72. The first-order chi connectivity index (χ1) is 42.8. The van der Waals surface area contributed by atoms with Gasteiger partial charge in [0.2, 0.25) is 35.4 Å². The van der Waals surface area contributed by atoms with Crippen molar-refractivity contribution < 1.29 is 82.4 Å². The summed E-state index contributed by atoms with van der Waals surface area (Å²) in [5, 5.41) is 42.7. The zero-order chi connectivity index (χ0) is 71.1. The third kappa shape index (κ3) is 39.1. The molecule has 0 fully saturated rings. The Labute approximate surface area is 554 Å². The predicted octanol–water partition coefficient (Wildman–Crippen LogP) is 6.80. The second-order valence-corrected chi connectivity index (χ2v) is 26.7. The van der Waals surface area contributed by atoms with Crippen LogP contribution in [0.25, 0.3) is 0 Å². The van der Waals surface area contributed by atoms with Crippen LogP contribution < -0.4 is 43.4 Å². The van der Waals surface area contributed by atoms with Crippen LogP contribution in [0.4, 0.5) is 0 Å². The minimum absolute atomic E-state index is 0. The molecule has 0 bridgehead atoms. The number of hydrogen-bond donors (Lipinski definition) is 11. The normalized spacial score (nSPS) is 14.6. The summed E-state index contributed by atoms with van der Waals surface area (Å²) in [6.07, 6.45) is 8.98. The molecule has 0 aliphatic carbocycles. The molecule has 25 nitrogen and oxygen atoms in total. The van der Waals surface area contributed by atoms with Crippen LogP contribution in [0.2, 0.25) is 0 Å². The number of rotatable bonds is 51. The summed E-state index contributed by atoms with van der Waals surface area (Å²) in [6.45, 7) is 25.8. The molecule has 10 atom stereocenters. The Morgan fingerprint density at radius 1 is 0.409 bits per heavy atom. The second-order valence-electron chi connectivity index (χ2n) is 26.7. The molecule has 0 radical (unpaired) electrons. The molecule has 0 heterocycles. The first kappa shape index (κ1) is 90.7. The quantitative estimate of drug-likeness (QED) is 0.0279. The van der Waals surface area contributed by atoms with Gasteiger partial charge in [0.25, 0.3) is 0 Å². The highest BCUT2D eigenvalue weighted by molar-refractivity contribution is 5.98. The van der Waals surface area contributed by atoms with Crippen molar-refractivity contribution in [3.8, 4) is 0 Å². The molecule has 93 heavy (non-hydrogen) atoms. The van der Waals surface area contributed by atoms with Crippen LogP contribution in [0.3, 0.4) is 0 Å². The van der Waals surface area contributed by atoms with Crippen LogP contribution in [0.1, 0.15) is 239 Å². The number of carbonyl (C=O) groups is 14. The van der Waals surface area contributed by atoms with Crippen molar-refractivity contribution in [2.24, 2.45) is 70.6 Å². The fourth-order valence-corrected chi connectivity index (χ4v) is 10.6. The van der Waals surface area contributed by atoms with Crippen molar-refractivity contribution in [1.82, 2.24) is 31.9 Å². The van der Waals surface area contributed by atoms with E-state index in [2.05, 4.69) is 38.8 Å². The van der Waals surface area contributed by atoms with Crippen LogP contribution >= 0.6 is 0 Å². The first-order valence-electron chi connectivity index (χ1n) is 33.3. The Balaban J connectivity index is -0.00000233. The van der Waals surface area contributed by atoms with E-state index in [-0.39, 0.29) is 119 Å². The summed E-state index contributed by atoms with van der Waals surface area (Å²) in [4.78, 5) is 176. The van der Waals surface area contributed by atoms with E-state index in [1.807, 2.05) is 55.4 Å². The number of likely N-dealkylation sites (N-methyl/N-ethyl adjacent to an activating group) is 1. The molecule has 0 aliphatic heterocycles. The standard InChI is InChI=1S/C50H92N6O8.C17H26N2O9.CH4/c1-15-16-17-18-19-20-21-22-23-24-25-53-43(60)29-39(47(51)61)54-48(62)36(30(2)3)27-41(58)45(34(10)11)56-50(64)38(32(6)7)28-42(59)46(35(12)13)55-49(63)37(31(4)5)26-40(57)44(52-14)33(8)9;1-9(20)10(2-5-14(22)23)8-13(21)12(4-7-16(26)27)19-17(28)11(18)3-6-15(24)25;/h30-39,44-46,52H,15-29H2,1-14H3,(H2,51,61)(H,53,60)(H,54,62)(H,55,63)(H,56,64);10-12H,2-8,18H2,1H3,(H,19,28)(H,22,23)(H,24,25)(H,26,27);1H4/t36-,37-,38-,39-,44-,45-,46-;10-,11+,12+;/m01./s1. The molecule has 0 aromatic rings. The molecule has 13 N–H and O–H groups in total. The molecule has 0 rings (SSSR count). The maximum absolute atomic E-state index is 14.0. The van der Waals surface area contributed by atoms with Crippen molar-refractivity contribution in [1.29, 1.82) is 0 Å². The summed E-state index contributed by atoms with van der Waals surface area (Å²) >= 11 is 0. The molecule has 0 unspecified atom stereocenters. The van der Waals surface area contributed by atoms with Gasteiger partial charge in [0.15, 0.2) is 23.1 Å². The van der Waals surface area contributed by atoms with Crippen LogP contribution in [-0.2, 0) is 67.1 Å². The molecule has 6 amide bonds. The highest BCUT2D eigenvalue weighted by atomic mass is 16.4. The largest absolute Gasteiger partial charge is 0.481 e. The molecule has 0 aromatic carbocycles. The van der Waals surface area contributed by atoms with Gasteiger partial charge in [-0.3, -0.25) is 67.1 Å². The average molecular weight is 1320 g/mol. The lowest BCUT2D eigenvalue weighted by Crippen LogP contribution is -2.52. The third-order valence-electron chi connectivity index (χ3n) is 16.6. The summed E-state index contributed by atoms with van der Waals surface area (Å²) in [6, 6.07) is -6.00. The highest BCUT2D eigenvalue weighted by Crippen LogP contribution is 2.25. The fourth-order valence-electron chi connectivity index (χ4n) is 10.6. The van der Waals surface area contributed by atoms with Crippen LogP contribution in [-0.4, -0.2) is 147 Å². The Morgan fingerprint density at radius 3 is 1.12 bits per heavy atom. The van der Waals surface area contributed by atoms with Crippen LogP contribution in [0.15, 0.2) is 0 Å². The number of Topliss-reactive ketones (excluding diaryl/α,β-unsaturated/α-hetero) is 5. The van der Waals surface area contributed by atoms with E-state index in [1.54, 1.807) is 34.7 Å². The Hall–Kier alpha value is -6.50. The molecule has 0 saturated carbocycles. The minimum Gasteiger partial charge on any atom is -0.481 e. The van der Waals surface area contributed by atoms with E-state index < -0.39 is 137 Å². The Kier molecular flexibility index (Phi) is 47.9. The number of ketones is 5. The van der Waals surface area contributed by atoms with Gasteiger partial charge in [0.1, 0.15) is 11.8 Å². The number of carboxylic acid groups (broad SMARTS) is 3. The smallest absolute Gasteiger partial charge is 0.303 e. The van der Waals surface area contributed by atoms with E-state index >= 15 is 0 Å². The molecule has 25 heteroatoms. The number of carboxylic acids is 3. The molecule has 536 valence electrons. The topological polar surface area (TPSA) is 424 Å². The number of carbonyl (C=O) groups excluding carboxylic acids is 11. The lowest BCUT2D eigenvalue weighted by atomic mass is 9.83. The van der Waals surface area contributed by atoms with Gasteiger partial charge >= 0.3 is 17.9 Å². The van der Waals surface area contributed by atoms with Gasteiger partial charge in [-0.15, -0.1) is 0 Å². The van der Waals surface area contributed by atoms with Crippen molar-refractivity contribution >= 4 is 82.3 Å². The number of nitrogens with two attached hydrogens (primary N) is 2. The second kappa shape index (κ2) is 49.1. The maximum atomic E-state index is 14.0. The van der Waals surface area contributed by atoms with E-state index in [0.29, 0.717) is 6.54 Å². The van der Waals surface area contributed by atoms with Gasteiger partial charge in [-0.25, -0.2) is 0 Å². The number of nitrogens with one attached hydrogen (secondary N) is 6. The third-order valence-corrected chi connectivity index (χ3v) is 16.6. The van der Waals surface area contributed by atoms with Gasteiger partial charge in [-0.2, -0.15) is 0 Å². The summed E-state index contributed by atoms with van der Waals surface area (Å²) in [5.41, 5.74) is 11.2. The molecule has 0 spiro atoms. The molecule has 0 aromatic heterocycles. The summed E-state index contributed by atoms with van der Waals surface area (Å²) < 4.78 is 0. The van der Waals surface area contributed by atoms with Gasteiger partial charge in [0.05, 0.1) is 36.6 Å². The van der Waals surface area contributed by atoms with Gasteiger partial charge < -0.3 is 58.7 Å². The Morgan fingerprint density at radius 2 is 0.763 bits per heavy atom. The van der Waals surface area contributed by atoms with E-state index in [4.69, 9.17) is 26.8 Å². The van der Waals surface area contributed by atoms with Gasteiger partial charge in [-0.05, 0) is 75.2 Å². The lowest BCUT2D eigenvalue weighted by Gasteiger charge is -2.30. The highest BCUT2D eigenvalue weighted by Gasteiger charge is 2.38. The van der Waals surface area contributed by atoms with E-state index in [9.17, 15) is 67.1 Å². The maximum Gasteiger partial charge on any atom is 0.303 e. The SMILES string of the molecule is C.CC(=O)[C@H](CCC(=O)O)CC(=O)[C@H](CCC(=O)O)NC(=O)[C@@H](N)CCC(=O)O.CCCCCCCCCCCCNC(=O)C[C@H](NC(=O)[C@@H](CC(=O)[C@@H](NC(=O)[C@@H](CC(=O)[C@@H](NC(=O)[C@@H](CC(=O)[C@@H](NC)C(C)C)C(C)C)C(C)C)C(C)C)C(C)C)C(C)C)C(N)=O. The van der Waals surface area contributed by atoms with Gasteiger partial charge in [0, 0.05) is 75.2 Å². The van der Waals surface area contributed by atoms with Crippen molar-refractivity contribution in [3.05, 3.63) is 0 Å². The van der Waals surface area contributed by atoms with Crippen molar-refractivity contribution in [2.75, 3.05) is 13.6 Å². The number of primary amides is 1. The van der Waals surface area contributed by atoms with E-state index in [1.165, 1.54) is 51.9 Å². The zero-order valence-electron chi connectivity index (χ0n) is 58.0. The fraction of sp³-hybridized carbons (Fsp3) is 0.794. The Bertz CT molecular complexity index is 2380. The lowest BCUT2D eigenvalue weighted by molar-refractivity contribution is -0.139. The molecule has 0 saturated heterocycles. The van der Waals surface area contributed by atoms with Crippen molar-refractivity contribution in [3.63, 3.8) is 0 Å². The number of amides is 6. The molecular formula is C68H122N8O17. The average Bonchev–Trinajstić information content (AvgIpc) is 0.945.